The van der Waals surface area contributed by atoms with Gasteiger partial charge in [-0.15, -0.1) is 0 Å². The van der Waals surface area contributed by atoms with Crippen molar-refractivity contribution in [2.24, 2.45) is 5.92 Å². The highest BCUT2D eigenvalue weighted by Crippen LogP contribution is 2.11. The van der Waals surface area contributed by atoms with Gasteiger partial charge in [0.05, 0.1) is 13.0 Å². The van der Waals surface area contributed by atoms with Gasteiger partial charge in [-0.05, 0) is 25.1 Å². The summed E-state index contributed by atoms with van der Waals surface area (Å²) in [4.78, 5) is 13.5. The lowest BCUT2D eigenvalue weighted by atomic mass is 10.1. The van der Waals surface area contributed by atoms with E-state index >= 15 is 0 Å². The second-order valence-electron chi connectivity index (χ2n) is 4.55. The summed E-state index contributed by atoms with van der Waals surface area (Å²) in [5.41, 5.74) is 2.58. The molecule has 0 heterocycles. The molecule has 1 aromatic rings. The molecule has 17 heavy (non-hydrogen) atoms. The number of hydrogen-bond donors (Lipinski definition) is 0. The van der Waals surface area contributed by atoms with Crippen LogP contribution in [0, 0.1) is 12.8 Å². The van der Waals surface area contributed by atoms with E-state index in [1.165, 1.54) is 18.2 Å². The van der Waals surface area contributed by atoms with E-state index < -0.39 is 0 Å². The van der Waals surface area contributed by atoms with Crippen LogP contribution in [0.25, 0.3) is 0 Å². The molecular formula is C14H21NO2. The molecule has 0 spiro atoms. The Morgan fingerprint density at radius 1 is 1.41 bits per heavy atom. The lowest BCUT2D eigenvalue weighted by Gasteiger charge is -2.20. The summed E-state index contributed by atoms with van der Waals surface area (Å²) in [6.07, 6.45) is 0. The fourth-order valence-corrected chi connectivity index (χ4v) is 1.89. The van der Waals surface area contributed by atoms with Crippen LogP contribution in [0.3, 0.4) is 0 Å². The fourth-order valence-electron chi connectivity index (χ4n) is 1.89. The lowest BCUT2D eigenvalue weighted by molar-refractivity contribution is -0.145. The highest BCUT2D eigenvalue weighted by molar-refractivity contribution is 5.72. The second-order valence-corrected chi connectivity index (χ2v) is 4.55. The minimum atomic E-state index is -0.151. The molecule has 0 aliphatic rings. The smallest absolute Gasteiger partial charge is 0.309 e. The summed E-state index contributed by atoms with van der Waals surface area (Å²) in [5, 5.41) is 0. The van der Waals surface area contributed by atoms with Crippen LogP contribution in [-0.2, 0) is 16.1 Å². The third kappa shape index (κ3) is 4.19. The maximum atomic E-state index is 11.3. The van der Waals surface area contributed by atoms with Crippen molar-refractivity contribution in [1.82, 2.24) is 4.90 Å². The molecular weight excluding hydrogens is 214 g/mol. The molecule has 0 amide bonds. The van der Waals surface area contributed by atoms with Crippen molar-refractivity contribution in [3.05, 3.63) is 35.4 Å². The second kappa shape index (κ2) is 6.40. The van der Waals surface area contributed by atoms with Gasteiger partial charge in [-0.25, -0.2) is 0 Å². The molecule has 94 valence electrons. The minimum absolute atomic E-state index is 0.0889. The van der Waals surface area contributed by atoms with Gasteiger partial charge in [0.15, 0.2) is 0 Å². The summed E-state index contributed by atoms with van der Waals surface area (Å²) in [7, 11) is 3.45. The maximum absolute atomic E-state index is 11.3. The number of rotatable bonds is 5. The van der Waals surface area contributed by atoms with Crippen LogP contribution in [0.2, 0.25) is 0 Å². The van der Waals surface area contributed by atoms with Gasteiger partial charge in [0.25, 0.3) is 0 Å². The molecule has 3 heteroatoms. The number of ether oxygens (including phenoxy) is 1. The number of hydrogen-bond acceptors (Lipinski definition) is 3. The molecule has 0 fully saturated rings. The third-order valence-corrected chi connectivity index (χ3v) is 2.89. The van der Waals surface area contributed by atoms with Crippen molar-refractivity contribution in [2.45, 2.75) is 20.4 Å². The summed E-state index contributed by atoms with van der Waals surface area (Å²) < 4.78 is 4.72. The van der Waals surface area contributed by atoms with E-state index in [0.717, 1.165) is 6.54 Å². The molecule has 0 bridgehead atoms. The van der Waals surface area contributed by atoms with Crippen molar-refractivity contribution < 1.29 is 9.53 Å². The Balaban J connectivity index is 2.53. The Morgan fingerprint density at radius 3 is 2.65 bits per heavy atom. The molecule has 0 aromatic heterocycles. The molecule has 0 saturated heterocycles. The van der Waals surface area contributed by atoms with E-state index in [-0.39, 0.29) is 11.9 Å². The average molecular weight is 235 g/mol. The van der Waals surface area contributed by atoms with Crippen LogP contribution >= 0.6 is 0 Å². The fraction of sp³-hybridized carbons (Fsp3) is 0.500. The van der Waals surface area contributed by atoms with Crippen LogP contribution in [0.4, 0.5) is 0 Å². The number of methoxy groups -OCH3 is 1. The predicted molar refractivity (Wildman–Crippen MR) is 68.7 cm³/mol. The summed E-state index contributed by atoms with van der Waals surface area (Å²) in [6.45, 7) is 5.56. The van der Waals surface area contributed by atoms with Crippen molar-refractivity contribution >= 4 is 5.97 Å². The van der Waals surface area contributed by atoms with Gasteiger partial charge in [0.2, 0.25) is 0 Å². The van der Waals surface area contributed by atoms with Crippen molar-refractivity contribution in [1.29, 1.82) is 0 Å². The first kappa shape index (κ1) is 13.7. The average Bonchev–Trinajstić information content (AvgIpc) is 2.31. The van der Waals surface area contributed by atoms with Gasteiger partial charge >= 0.3 is 5.97 Å². The maximum Gasteiger partial charge on any atom is 0.309 e. The molecule has 0 radical (unpaired) electrons. The van der Waals surface area contributed by atoms with E-state index in [1.54, 1.807) is 0 Å². The van der Waals surface area contributed by atoms with Crippen molar-refractivity contribution in [3.8, 4) is 0 Å². The third-order valence-electron chi connectivity index (χ3n) is 2.89. The first-order valence-electron chi connectivity index (χ1n) is 5.85. The number of nitrogens with zero attached hydrogens (tertiary/aromatic N) is 1. The van der Waals surface area contributed by atoms with Gasteiger partial charge in [-0.3, -0.25) is 4.79 Å². The number of benzene rings is 1. The van der Waals surface area contributed by atoms with E-state index in [2.05, 4.69) is 24.0 Å². The van der Waals surface area contributed by atoms with Crippen LogP contribution in [0.5, 0.6) is 0 Å². The minimum Gasteiger partial charge on any atom is -0.469 e. The van der Waals surface area contributed by atoms with Gasteiger partial charge in [0, 0.05) is 13.1 Å². The van der Waals surface area contributed by atoms with Crippen LogP contribution in [-0.4, -0.2) is 31.6 Å². The Morgan fingerprint density at radius 2 is 2.06 bits per heavy atom. The quantitative estimate of drug-likeness (QED) is 0.733. The van der Waals surface area contributed by atoms with Crippen LogP contribution in [0.15, 0.2) is 24.3 Å². The molecule has 1 atom stereocenters. The Kier molecular flexibility index (Phi) is 5.16. The SMILES string of the molecule is COC(=O)C(C)CN(C)Cc1ccccc1C. The Bertz CT molecular complexity index is 376. The monoisotopic (exact) mass is 235 g/mol. The zero-order valence-corrected chi connectivity index (χ0v) is 11.1. The lowest BCUT2D eigenvalue weighted by Crippen LogP contribution is -2.29. The van der Waals surface area contributed by atoms with E-state index in [1.807, 2.05) is 26.1 Å². The van der Waals surface area contributed by atoms with Gasteiger partial charge in [0.1, 0.15) is 0 Å². The zero-order valence-electron chi connectivity index (χ0n) is 11.1. The molecule has 0 saturated carbocycles. The molecule has 0 N–H and O–H groups in total. The number of aryl methyl sites for hydroxylation is 1. The van der Waals surface area contributed by atoms with Gasteiger partial charge in [-0.2, -0.15) is 0 Å². The number of carbonyl (C=O) groups is 1. The van der Waals surface area contributed by atoms with E-state index in [4.69, 9.17) is 4.74 Å². The van der Waals surface area contributed by atoms with Crippen molar-refractivity contribution in [3.63, 3.8) is 0 Å². The molecule has 0 aliphatic heterocycles. The van der Waals surface area contributed by atoms with Crippen molar-refractivity contribution in [2.75, 3.05) is 20.7 Å². The molecule has 0 aliphatic carbocycles. The predicted octanol–water partition coefficient (Wildman–Crippen LogP) is 2.24. The zero-order chi connectivity index (χ0) is 12.8. The van der Waals surface area contributed by atoms with E-state index in [0.29, 0.717) is 6.54 Å². The van der Waals surface area contributed by atoms with Crippen LogP contribution in [0.1, 0.15) is 18.1 Å². The Labute approximate surface area is 103 Å². The summed E-state index contributed by atoms with van der Waals surface area (Å²) in [5.74, 6) is -0.240. The normalized spacial score (nSPS) is 12.5. The topological polar surface area (TPSA) is 29.5 Å². The molecule has 3 nitrogen and oxygen atoms in total. The first-order chi connectivity index (χ1) is 8.04. The highest BCUT2D eigenvalue weighted by Gasteiger charge is 2.15. The van der Waals surface area contributed by atoms with Crippen LogP contribution < -0.4 is 0 Å². The first-order valence-corrected chi connectivity index (χ1v) is 5.85. The summed E-state index contributed by atoms with van der Waals surface area (Å²) >= 11 is 0. The number of carbonyl (C=O) groups excluding carboxylic acids is 1. The standard InChI is InChI=1S/C14H21NO2/c1-11-7-5-6-8-13(11)10-15(3)9-12(2)14(16)17-4/h5-8,12H,9-10H2,1-4H3. The molecule has 1 aromatic carbocycles. The highest BCUT2D eigenvalue weighted by atomic mass is 16.5. The molecule has 1 rings (SSSR count). The molecule has 1 unspecified atom stereocenters. The Hall–Kier alpha value is -1.35. The van der Waals surface area contributed by atoms with Gasteiger partial charge in [-0.1, -0.05) is 31.2 Å². The van der Waals surface area contributed by atoms with E-state index in [9.17, 15) is 4.79 Å². The number of esters is 1. The van der Waals surface area contributed by atoms with Gasteiger partial charge < -0.3 is 9.64 Å². The summed E-state index contributed by atoms with van der Waals surface area (Å²) in [6, 6.07) is 8.30. The largest absolute Gasteiger partial charge is 0.469 e.